The molecule has 6 nitrogen and oxygen atoms in total. The smallest absolute Gasteiger partial charge is 0.146 e. The molecule has 1 amide bonds. The Hall–Kier alpha value is -2.34. The number of amides is 1. The summed E-state index contributed by atoms with van der Waals surface area (Å²) < 4.78 is 6.56. The molecule has 0 saturated carbocycles. The van der Waals surface area contributed by atoms with Crippen LogP contribution in [-0.2, 0) is 6.42 Å². The SMILES string of the molecule is CCCCc1cc(OC2CCN(CC3CCN(C(=O)[O-])C(C(C)(C)C)C3)CC2)c2ncccc2c1. The van der Waals surface area contributed by atoms with Gasteiger partial charge in [-0.25, -0.2) is 0 Å². The number of rotatable bonds is 7. The number of fused-ring (bicyclic) bond motifs is 1. The third-order valence-electron chi connectivity index (χ3n) is 7.84. The Morgan fingerprint density at radius 1 is 1.17 bits per heavy atom. The van der Waals surface area contributed by atoms with Crippen LogP contribution in [0.2, 0.25) is 0 Å². The molecule has 2 unspecified atom stereocenters. The molecule has 0 radical (unpaired) electrons. The number of aryl methyl sites for hydroxylation is 1. The normalized spacial score (nSPS) is 22.5. The molecule has 1 aromatic heterocycles. The van der Waals surface area contributed by atoms with Crippen molar-refractivity contribution in [3.05, 3.63) is 36.0 Å². The Bertz CT molecular complexity index is 994. The van der Waals surface area contributed by atoms with Crippen LogP contribution in [0.25, 0.3) is 10.9 Å². The van der Waals surface area contributed by atoms with Crippen LogP contribution in [0, 0.1) is 11.3 Å². The van der Waals surface area contributed by atoms with Crippen LogP contribution in [-0.4, -0.2) is 59.2 Å². The molecule has 2 aliphatic heterocycles. The van der Waals surface area contributed by atoms with Crippen LogP contribution in [0.1, 0.15) is 71.8 Å². The van der Waals surface area contributed by atoms with Crippen molar-refractivity contribution in [2.45, 2.75) is 84.8 Å². The molecule has 2 atom stereocenters. The molecule has 2 aliphatic rings. The Morgan fingerprint density at radius 2 is 1.94 bits per heavy atom. The number of piperidine rings is 2. The highest BCUT2D eigenvalue weighted by Crippen LogP contribution is 2.35. The largest absolute Gasteiger partial charge is 0.530 e. The summed E-state index contributed by atoms with van der Waals surface area (Å²) in [7, 11) is 0. The van der Waals surface area contributed by atoms with E-state index in [9.17, 15) is 9.90 Å². The highest BCUT2D eigenvalue weighted by molar-refractivity contribution is 5.85. The molecule has 35 heavy (non-hydrogen) atoms. The van der Waals surface area contributed by atoms with Gasteiger partial charge in [-0.2, -0.15) is 0 Å². The van der Waals surface area contributed by atoms with E-state index in [1.54, 1.807) is 4.90 Å². The minimum absolute atomic E-state index is 0.0212. The fourth-order valence-corrected chi connectivity index (χ4v) is 5.83. The second kappa shape index (κ2) is 11.2. The van der Waals surface area contributed by atoms with Crippen molar-refractivity contribution < 1.29 is 14.6 Å². The van der Waals surface area contributed by atoms with Crippen LogP contribution in [0.4, 0.5) is 4.79 Å². The second-order valence-corrected chi connectivity index (χ2v) is 11.6. The number of likely N-dealkylation sites (tertiary alicyclic amines) is 2. The van der Waals surface area contributed by atoms with Gasteiger partial charge in [0, 0.05) is 43.8 Å². The molecule has 2 aromatic rings. The molecule has 2 fully saturated rings. The van der Waals surface area contributed by atoms with E-state index in [4.69, 9.17) is 4.74 Å². The van der Waals surface area contributed by atoms with E-state index >= 15 is 0 Å². The number of pyridine rings is 1. The summed E-state index contributed by atoms with van der Waals surface area (Å²) in [5.74, 6) is 1.45. The lowest BCUT2D eigenvalue weighted by Crippen LogP contribution is -2.57. The Kier molecular flexibility index (Phi) is 8.20. The van der Waals surface area contributed by atoms with E-state index in [2.05, 4.69) is 55.8 Å². The molecule has 4 rings (SSSR count). The van der Waals surface area contributed by atoms with Crippen LogP contribution in [0.5, 0.6) is 5.75 Å². The first-order valence-electron chi connectivity index (χ1n) is 13.5. The predicted octanol–water partition coefficient (Wildman–Crippen LogP) is 4.89. The number of carboxylic acid groups (broad SMARTS) is 1. The van der Waals surface area contributed by atoms with Crippen molar-refractivity contribution >= 4 is 17.0 Å². The van der Waals surface area contributed by atoms with E-state index in [-0.39, 0.29) is 17.6 Å². The minimum atomic E-state index is -1.03. The van der Waals surface area contributed by atoms with Crippen molar-refractivity contribution in [3.8, 4) is 5.75 Å². The number of carbonyl (C=O) groups is 1. The fourth-order valence-electron chi connectivity index (χ4n) is 5.83. The van der Waals surface area contributed by atoms with Gasteiger partial charge < -0.3 is 24.4 Å². The number of ether oxygens (including phenoxy) is 1. The maximum atomic E-state index is 11.6. The molecule has 2 saturated heterocycles. The highest BCUT2D eigenvalue weighted by atomic mass is 16.5. The average Bonchev–Trinajstić information content (AvgIpc) is 2.83. The molecule has 1 aromatic carbocycles. The lowest BCUT2D eigenvalue weighted by molar-refractivity contribution is -0.272. The van der Waals surface area contributed by atoms with Crippen LogP contribution < -0.4 is 9.84 Å². The van der Waals surface area contributed by atoms with E-state index < -0.39 is 6.09 Å². The van der Waals surface area contributed by atoms with Crippen LogP contribution in [0.3, 0.4) is 0 Å². The first-order valence-corrected chi connectivity index (χ1v) is 13.5. The van der Waals surface area contributed by atoms with E-state index in [1.807, 2.05) is 12.3 Å². The number of hydrogen-bond donors (Lipinski definition) is 0. The highest BCUT2D eigenvalue weighted by Gasteiger charge is 2.37. The summed E-state index contributed by atoms with van der Waals surface area (Å²) in [6, 6.07) is 8.60. The maximum absolute atomic E-state index is 11.6. The van der Waals surface area contributed by atoms with Gasteiger partial charge in [-0.05, 0) is 73.6 Å². The van der Waals surface area contributed by atoms with Gasteiger partial charge in [0.25, 0.3) is 0 Å². The minimum Gasteiger partial charge on any atom is -0.530 e. The Labute approximate surface area is 210 Å². The molecule has 3 heterocycles. The van der Waals surface area contributed by atoms with Gasteiger partial charge in [0.2, 0.25) is 0 Å². The second-order valence-electron chi connectivity index (χ2n) is 11.6. The summed E-state index contributed by atoms with van der Waals surface area (Å²) >= 11 is 0. The molecule has 0 aliphatic carbocycles. The molecular formula is C29H42N3O3-. The molecule has 6 heteroatoms. The van der Waals surface area contributed by atoms with Gasteiger partial charge in [0.15, 0.2) is 0 Å². The van der Waals surface area contributed by atoms with Crippen molar-refractivity contribution in [1.29, 1.82) is 0 Å². The molecule has 0 spiro atoms. The van der Waals surface area contributed by atoms with Gasteiger partial charge in [0.1, 0.15) is 23.5 Å². The zero-order chi connectivity index (χ0) is 25.0. The van der Waals surface area contributed by atoms with Gasteiger partial charge in [0.05, 0.1) is 0 Å². The maximum Gasteiger partial charge on any atom is 0.146 e. The third kappa shape index (κ3) is 6.46. The topological polar surface area (TPSA) is 68.7 Å². The number of hydrogen-bond acceptors (Lipinski definition) is 5. The van der Waals surface area contributed by atoms with Gasteiger partial charge >= 0.3 is 0 Å². The Balaban J connectivity index is 1.34. The molecule has 192 valence electrons. The molecule has 0 bridgehead atoms. The van der Waals surface area contributed by atoms with E-state index in [0.717, 1.165) is 68.4 Å². The Morgan fingerprint density at radius 3 is 2.63 bits per heavy atom. The first kappa shape index (κ1) is 25.7. The van der Waals surface area contributed by atoms with Gasteiger partial charge in [-0.1, -0.05) is 40.2 Å². The first-order chi connectivity index (χ1) is 16.7. The monoisotopic (exact) mass is 480 g/mol. The van der Waals surface area contributed by atoms with Gasteiger partial charge in [-0.3, -0.25) is 4.98 Å². The lowest BCUT2D eigenvalue weighted by Gasteiger charge is -2.48. The third-order valence-corrected chi connectivity index (χ3v) is 7.84. The number of unbranched alkanes of at least 4 members (excludes halogenated alkanes) is 1. The van der Waals surface area contributed by atoms with Crippen LogP contribution in [0.15, 0.2) is 30.5 Å². The number of carbonyl (C=O) groups excluding carboxylic acids is 1. The van der Waals surface area contributed by atoms with Crippen molar-refractivity contribution in [3.63, 3.8) is 0 Å². The van der Waals surface area contributed by atoms with E-state index in [0.29, 0.717) is 12.5 Å². The van der Waals surface area contributed by atoms with Crippen molar-refractivity contribution in [1.82, 2.24) is 14.8 Å². The molecule has 0 N–H and O–H groups in total. The summed E-state index contributed by atoms with van der Waals surface area (Å²) in [5.41, 5.74) is 2.21. The summed E-state index contributed by atoms with van der Waals surface area (Å²) in [6.07, 6.45) is 8.31. The molecular weight excluding hydrogens is 438 g/mol. The number of benzene rings is 1. The van der Waals surface area contributed by atoms with Crippen molar-refractivity contribution in [2.24, 2.45) is 11.3 Å². The number of nitrogens with zero attached hydrogens (tertiary/aromatic N) is 3. The quantitative estimate of drug-likeness (QED) is 0.564. The summed E-state index contributed by atoms with van der Waals surface area (Å²) in [5, 5.41) is 12.8. The fraction of sp³-hybridized carbons (Fsp3) is 0.655. The standard InChI is InChI=1S/C29H43N3O3/c1-5-6-8-21-17-23-9-7-13-30-27(23)25(18-21)35-24-11-14-31(15-12-24)20-22-10-16-32(28(33)34)26(19-22)29(2,3)4/h7,9,13,17-18,22,24,26H,5-6,8,10-12,14-16,19-20H2,1-4H3,(H,33,34)/p-1. The van der Waals surface area contributed by atoms with Gasteiger partial charge in [-0.15, -0.1) is 0 Å². The van der Waals surface area contributed by atoms with Crippen LogP contribution >= 0.6 is 0 Å². The summed E-state index contributed by atoms with van der Waals surface area (Å²) in [4.78, 5) is 20.4. The lowest BCUT2D eigenvalue weighted by atomic mass is 9.77. The predicted molar refractivity (Wildman–Crippen MR) is 139 cm³/mol. The average molecular weight is 481 g/mol. The van der Waals surface area contributed by atoms with Crippen molar-refractivity contribution in [2.75, 3.05) is 26.2 Å². The zero-order valence-electron chi connectivity index (χ0n) is 22.0. The number of aromatic nitrogens is 1. The zero-order valence-corrected chi connectivity index (χ0v) is 22.0. The van der Waals surface area contributed by atoms with E-state index in [1.165, 1.54) is 18.4 Å². The summed E-state index contributed by atoms with van der Waals surface area (Å²) in [6.45, 7) is 12.3.